The molecule has 8 heteroatoms. The van der Waals surface area contributed by atoms with E-state index in [1.165, 1.54) is 0 Å². The summed E-state index contributed by atoms with van der Waals surface area (Å²) in [5, 5.41) is 7.97. The fourth-order valence-electron chi connectivity index (χ4n) is 4.02. The maximum Gasteiger partial charge on any atom is 0.274 e. The fraction of sp³-hybridized carbons (Fsp3) is 0.524. The summed E-state index contributed by atoms with van der Waals surface area (Å²) >= 11 is 0. The first-order chi connectivity index (χ1) is 13.8. The highest BCUT2D eigenvalue weighted by Crippen LogP contribution is 2.29. The molecule has 0 aliphatic carbocycles. The van der Waals surface area contributed by atoms with E-state index in [1.54, 1.807) is 0 Å². The molecule has 0 spiro atoms. The standard InChI is InChI=1S/C21H29N5O2.ClH/c1-2-28-20-8-4-3-7-19(20)24-12-14-25(15-13-24)21(27)18-9-11-26(23-18)17-6-5-10-22-16-17;/h3-4,7-9,11,17,22H,2,5-6,10,12-16H2,1H3;1H. The van der Waals surface area contributed by atoms with Crippen LogP contribution in [0.15, 0.2) is 36.5 Å². The van der Waals surface area contributed by atoms with Crippen LogP contribution in [0, 0.1) is 0 Å². The van der Waals surface area contributed by atoms with E-state index in [-0.39, 0.29) is 18.3 Å². The number of carbonyl (C=O) groups excluding carboxylic acids is 1. The first-order valence-corrected chi connectivity index (χ1v) is 10.3. The average Bonchev–Trinajstić information content (AvgIpc) is 3.25. The Hall–Kier alpha value is -2.25. The number of para-hydroxylation sites is 2. The zero-order valence-electron chi connectivity index (χ0n) is 16.9. The minimum Gasteiger partial charge on any atom is -0.492 e. The van der Waals surface area contributed by atoms with Gasteiger partial charge in [-0.05, 0) is 44.5 Å². The second-order valence-electron chi connectivity index (χ2n) is 7.36. The molecule has 2 aromatic rings. The number of rotatable bonds is 5. The number of nitrogens with zero attached hydrogens (tertiary/aromatic N) is 4. The van der Waals surface area contributed by atoms with E-state index in [4.69, 9.17) is 4.74 Å². The molecular formula is C21H30ClN5O2. The van der Waals surface area contributed by atoms with Crippen LogP contribution in [-0.4, -0.2) is 66.5 Å². The van der Waals surface area contributed by atoms with Crippen molar-refractivity contribution in [2.24, 2.45) is 0 Å². The predicted molar refractivity (Wildman–Crippen MR) is 116 cm³/mol. The SMILES string of the molecule is CCOc1ccccc1N1CCN(C(=O)c2ccn(C3CCCNC3)n2)CC1.Cl. The number of anilines is 1. The largest absolute Gasteiger partial charge is 0.492 e. The minimum absolute atomic E-state index is 0. The number of halogens is 1. The normalized spacial score (nSPS) is 19.6. The molecule has 1 N–H and O–H groups in total. The van der Waals surface area contributed by atoms with E-state index in [2.05, 4.69) is 21.4 Å². The van der Waals surface area contributed by atoms with Gasteiger partial charge in [0.25, 0.3) is 5.91 Å². The zero-order chi connectivity index (χ0) is 19.3. The van der Waals surface area contributed by atoms with Crippen LogP contribution >= 0.6 is 12.4 Å². The van der Waals surface area contributed by atoms with Crippen LogP contribution in [0.3, 0.4) is 0 Å². The number of aromatic nitrogens is 2. The van der Waals surface area contributed by atoms with Gasteiger partial charge in [-0.15, -0.1) is 12.4 Å². The van der Waals surface area contributed by atoms with Crippen molar-refractivity contribution in [3.8, 4) is 5.75 Å². The maximum atomic E-state index is 12.9. The molecule has 0 radical (unpaired) electrons. The molecule has 29 heavy (non-hydrogen) atoms. The minimum atomic E-state index is 0. The van der Waals surface area contributed by atoms with E-state index in [0.717, 1.165) is 50.5 Å². The van der Waals surface area contributed by atoms with Gasteiger partial charge < -0.3 is 19.9 Å². The van der Waals surface area contributed by atoms with Gasteiger partial charge in [0.15, 0.2) is 0 Å². The molecule has 3 heterocycles. The van der Waals surface area contributed by atoms with Gasteiger partial charge >= 0.3 is 0 Å². The lowest BCUT2D eigenvalue weighted by Gasteiger charge is -2.36. The number of amides is 1. The third-order valence-electron chi connectivity index (χ3n) is 5.55. The second kappa shape index (κ2) is 9.98. The average molecular weight is 420 g/mol. The van der Waals surface area contributed by atoms with Gasteiger partial charge in [0.05, 0.1) is 18.3 Å². The molecule has 2 saturated heterocycles. The Balaban J connectivity index is 0.00000240. The molecule has 1 unspecified atom stereocenters. The summed E-state index contributed by atoms with van der Waals surface area (Å²) in [6.45, 7) is 7.61. The van der Waals surface area contributed by atoms with E-state index in [1.807, 2.05) is 47.0 Å². The third-order valence-corrected chi connectivity index (χ3v) is 5.55. The van der Waals surface area contributed by atoms with E-state index >= 15 is 0 Å². The predicted octanol–water partition coefficient (Wildman–Crippen LogP) is 2.59. The van der Waals surface area contributed by atoms with Gasteiger partial charge in [-0.2, -0.15) is 5.10 Å². The van der Waals surface area contributed by atoms with Crippen LogP contribution in [0.2, 0.25) is 0 Å². The van der Waals surface area contributed by atoms with Crippen molar-refractivity contribution in [2.75, 3.05) is 50.8 Å². The summed E-state index contributed by atoms with van der Waals surface area (Å²) in [6, 6.07) is 10.3. The zero-order valence-corrected chi connectivity index (χ0v) is 17.7. The van der Waals surface area contributed by atoms with Crippen LogP contribution in [0.25, 0.3) is 0 Å². The first-order valence-electron chi connectivity index (χ1n) is 10.3. The Kier molecular flexibility index (Phi) is 7.39. The number of hydrogen-bond donors (Lipinski definition) is 1. The topological polar surface area (TPSA) is 62.6 Å². The van der Waals surface area contributed by atoms with Crippen molar-refractivity contribution in [2.45, 2.75) is 25.8 Å². The highest BCUT2D eigenvalue weighted by atomic mass is 35.5. The molecule has 1 amide bonds. The van der Waals surface area contributed by atoms with Crippen LogP contribution < -0.4 is 15.0 Å². The number of ether oxygens (including phenoxy) is 1. The van der Waals surface area contributed by atoms with Gasteiger partial charge in [-0.25, -0.2) is 0 Å². The lowest BCUT2D eigenvalue weighted by molar-refractivity contribution is 0.0739. The highest BCUT2D eigenvalue weighted by Gasteiger charge is 2.26. The molecule has 1 atom stereocenters. The first kappa shape index (κ1) is 21.5. The molecule has 4 rings (SSSR count). The number of carbonyl (C=O) groups is 1. The van der Waals surface area contributed by atoms with E-state index in [9.17, 15) is 4.79 Å². The van der Waals surface area contributed by atoms with Gasteiger partial charge in [-0.1, -0.05) is 12.1 Å². The number of hydrogen-bond acceptors (Lipinski definition) is 5. The number of piperazine rings is 1. The Bertz CT molecular complexity index is 798. The Morgan fingerprint density at radius 1 is 1.21 bits per heavy atom. The summed E-state index contributed by atoms with van der Waals surface area (Å²) in [7, 11) is 0. The quantitative estimate of drug-likeness (QED) is 0.807. The van der Waals surface area contributed by atoms with Gasteiger partial charge in [-0.3, -0.25) is 9.48 Å². The molecule has 2 aliphatic rings. The number of nitrogens with one attached hydrogen (secondary N) is 1. The van der Waals surface area contributed by atoms with Crippen LogP contribution in [0.5, 0.6) is 5.75 Å². The van der Waals surface area contributed by atoms with E-state index in [0.29, 0.717) is 31.4 Å². The number of benzene rings is 1. The van der Waals surface area contributed by atoms with Crippen molar-refractivity contribution in [1.82, 2.24) is 20.0 Å². The second-order valence-corrected chi connectivity index (χ2v) is 7.36. The van der Waals surface area contributed by atoms with E-state index < -0.39 is 0 Å². The fourth-order valence-corrected chi connectivity index (χ4v) is 4.02. The molecule has 0 bridgehead atoms. The van der Waals surface area contributed by atoms with Crippen molar-refractivity contribution < 1.29 is 9.53 Å². The maximum absolute atomic E-state index is 12.9. The Labute approximate surface area is 178 Å². The van der Waals surface area contributed by atoms with Gasteiger partial charge in [0, 0.05) is 38.9 Å². The monoisotopic (exact) mass is 419 g/mol. The summed E-state index contributed by atoms with van der Waals surface area (Å²) in [5.41, 5.74) is 1.65. The van der Waals surface area contributed by atoms with Crippen LogP contribution in [0.1, 0.15) is 36.3 Å². The molecule has 1 aromatic carbocycles. The molecular weight excluding hydrogens is 390 g/mol. The third kappa shape index (κ3) is 4.85. The van der Waals surface area contributed by atoms with Crippen molar-refractivity contribution in [3.05, 3.63) is 42.2 Å². The number of piperidine rings is 1. The Morgan fingerprint density at radius 2 is 2.00 bits per heavy atom. The van der Waals surface area contributed by atoms with Gasteiger partial charge in [0.1, 0.15) is 11.4 Å². The molecule has 1 aromatic heterocycles. The summed E-state index contributed by atoms with van der Waals surface area (Å²) in [4.78, 5) is 17.1. The lowest BCUT2D eigenvalue weighted by atomic mass is 10.1. The smallest absolute Gasteiger partial charge is 0.274 e. The summed E-state index contributed by atoms with van der Waals surface area (Å²) in [5.74, 6) is 0.935. The van der Waals surface area contributed by atoms with Gasteiger partial charge in [0.2, 0.25) is 0 Å². The highest BCUT2D eigenvalue weighted by molar-refractivity contribution is 5.92. The molecule has 7 nitrogen and oxygen atoms in total. The van der Waals surface area contributed by atoms with Crippen molar-refractivity contribution >= 4 is 24.0 Å². The molecule has 2 fully saturated rings. The molecule has 158 valence electrons. The van der Waals surface area contributed by atoms with Crippen molar-refractivity contribution in [3.63, 3.8) is 0 Å². The lowest BCUT2D eigenvalue weighted by Crippen LogP contribution is -2.49. The van der Waals surface area contributed by atoms with Crippen LogP contribution in [-0.2, 0) is 0 Å². The molecule has 2 aliphatic heterocycles. The van der Waals surface area contributed by atoms with Crippen molar-refractivity contribution in [1.29, 1.82) is 0 Å². The summed E-state index contributed by atoms with van der Waals surface area (Å²) in [6.07, 6.45) is 4.21. The summed E-state index contributed by atoms with van der Waals surface area (Å²) < 4.78 is 7.71. The Morgan fingerprint density at radius 3 is 2.72 bits per heavy atom. The van der Waals surface area contributed by atoms with Crippen LogP contribution in [0.4, 0.5) is 5.69 Å². The molecule has 0 saturated carbocycles.